The molecule has 1 aliphatic heterocycles. The van der Waals surface area contributed by atoms with Crippen molar-refractivity contribution in [3.63, 3.8) is 0 Å². The highest BCUT2D eigenvalue weighted by atomic mass is 32.2. The molecule has 8 heteroatoms. The summed E-state index contributed by atoms with van der Waals surface area (Å²) >= 11 is 6.96. The van der Waals surface area contributed by atoms with E-state index in [1.165, 1.54) is 4.68 Å². The van der Waals surface area contributed by atoms with Crippen molar-refractivity contribution in [3.8, 4) is 5.75 Å². The molecule has 1 aliphatic rings. The monoisotopic (exact) mass is 461 g/mol. The summed E-state index contributed by atoms with van der Waals surface area (Å²) in [5, 5.41) is 4.37. The van der Waals surface area contributed by atoms with Gasteiger partial charge in [-0.15, -0.1) is 5.10 Å². The van der Waals surface area contributed by atoms with Gasteiger partial charge in [0.1, 0.15) is 12.3 Å². The lowest BCUT2D eigenvalue weighted by molar-refractivity contribution is -0.118. The van der Waals surface area contributed by atoms with Crippen LogP contribution in [0.5, 0.6) is 5.75 Å². The number of aryl methyl sites for hydroxylation is 1. The number of amides is 1. The number of fused-ring (bicyclic) bond motifs is 2. The van der Waals surface area contributed by atoms with Gasteiger partial charge in [-0.25, -0.2) is 4.68 Å². The molecule has 0 saturated carbocycles. The lowest BCUT2D eigenvalue weighted by atomic mass is 10.2. The van der Waals surface area contributed by atoms with Gasteiger partial charge < -0.3 is 9.15 Å². The maximum atomic E-state index is 13.4. The number of rotatable bonds is 5. The van der Waals surface area contributed by atoms with E-state index in [2.05, 4.69) is 5.10 Å². The Bertz CT molecular complexity index is 1320. The molecule has 3 aromatic carbocycles. The highest BCUT2D eigenvalue weighted by Crippen LogP contribution is 2.47. The van der Waals surface area contributed by atoms with Crippen LogP contribution in [0.15, 0.2) is 87.0 Å². The molecular weight excluding hydrogens is 442 g/mol. The number of benzene rings is 3. The topological polar surface area (TPSA) is 60.5 Å². The van der Waals surface area contributed by atoms with E-state index in [1.54, 1.807) is 16.7 Å². The molecule has 5 rings (SSSR count). The summed E-state index contributed by atoms with van der Waals surface area (Å²) in [6, 6.07) is 23.4. The zero-order valence-corrected chi connectivity index (χ0v) is 18.9. The maximum Gasteiger partial charge on any atom is 0.287 e. The van der Waals surface area contributed by atoms with E-state index in [9.17, 15) is 4.79 Å². The van der Waals surface area contributed by atoms with Gasteiger partial charge in [-0.1, -0.05) is 54.2 Å². The minimum Gasteiger partial charge on any atom is -0.484 e. The minimum absolute atomic E-state index is 0.0416. The number of carbonyl (C=O) groups is 1. The van der Waals surface area contributed by atoms with E-state index in [-0.39, 0.29) is 23.9 Å². The Labute approximate surface area is 194 Å². The molecule has 2 heterocycles. The standard InChI is InChI=1S/C24H19N3O3S2/c1-16-8-2-5-11-19(16)29-15-22-25-26(24(31)30-22)14-23(28)27-17-9-3-6-12-20(17)32-21-13-7-4-10-18(21)27/h2-13H,14-15H2,1H3. The Hall–Kier alpha value is -3.36. The number of aromatic nitrogens is 2. The van der Waals surface area contributed by atoms with Gasteiger partial charge in [-0.3, -0.25) is 9.69 Å². The first kappa shape index (κ1) is 20.5. The van der Waals surface area contributed by atoms with Gasteiger partial charge in [0.25, 0.3) is 16.6 Å². The predicted octanol–water partition coefficient (Wildman–Crippen LogP) is 5.92. The molecule has 0 spiro atoms. The second-order valence-corrected chi connectivity index (χ2v) is 8.67. The molecule has 1 amide bonds. The van der Waals surface area contributed by atoms with E-state index in [0.717, 1.165) is 32.5 Å². The lowest BCUT2D eigenvalue weighted by Gasteiger charge is -2.30. The molecule has 0 unspecified atom stereocenters. The van der Waals surface area contributed by atoms with Crippen molar-refractivity contribution in [2.45, 2.75) is 29.9 Å². The van der Waals surface area contributed by atoms with Crippen LogP contribution in [0.3, 0.4) is 0 Å². The number of hydrogen-bond acceptors (Lipinski definition) is 6. The minimum atomic E-state index is -0.152. The molecule has 160 valence electrons. The Kier molecular flexibility index (Phi) is 5.55. The lowest BCUT2D eigenvalue weighted by Crippen LogP contribution is -2.32. The number of para-hydroxylation sites is 3. The molecule has 4 aromatic rings. The maximum absolute atomic E-state index is 13.4. The number of anilines is 2. The Morgan fingerprint density at radius 3 is 2.31 bits per heavy atom. The molecule has 0 fully saturated rings. The summed E-state index contributed by atoms with van der Waals surface area (Å²) in [5.74, 6) is 0.917. The van der Waals surface area contributed by atoms with E-state index in [4.69, 9.17) is 21.4 Å². The molecule has 0 bridgehead atoms. The summed E-state index contributed by atoms with van der Waals surface area (Å²) in [4.78, 5) is 17.3. The van der Waals surface area contributed by atoms with Crippen LogP contribution in [-0.2, 0) is 17.9 Å². The van der Waals surface area contributed by atoms with Crippen LogP contribution in [-0.4, -0.2) is 15.7 Å². The van der Waals surface area contributed by atoms with Crippen molar-refractivity contribution >= 4 is 41.3 Å². The quantitative estimate of drug-likeness (QED) is 0.344. The highest BCUT2D eigenvalue weighted by molar-refractivity contribution is 7.99. The second kappa shape index (κ2) is 8.64. The first-order valence-electron chi connectivity index (χ1n) is 10.0. The van der Waals surface area contributed by atoms with Crippen molar-refractivity contribution in [2.75, 3.05) is 4.90 Å². The first-order valence-corrected chi connectivity index (χ1v) is 11.3. The summed E-state index contributed by atoms with van der Waals surface area (Å²) in [6.45, 7) is 2.05. The normalized spacial score (nSPS) is 12.2. The second-order valence-electron chi connectivity index (χ2n) is 7.24. The molecular formula is C24H19N3O3S2. The third-order valence-corrected chi connectivity index (χ3v) is 6.48. The Morgan fingerprint density at radius 2 is 1.62 bits per heavy atom. The van der Waals surface area contributed by atoms with Gasteiger partial charge in [0.2, 0.25) is 0 Å². The van der Waals surface area contributed by atoms with Gasteiger partial charge in [-0.2, -0.15) is 0 Å². The fraction of sp³-hybridized carbons (Fsp3) is 0.125. The van der Waals surface area contributed by atoms with Crippen molar-refractivity contribution in [2.24, 2.45) is 0 Å². The molecule has 0 radical (unpaired) electrons. The van der Waals surface area contributed by atoms with Gasteiger partial charge in [0.15, 0.2) is 6.61 Å². The SMILES string of the molecule is Cc1ccccc1OCc1nn(CC(=O)N2c3ccccc3Sc3ccccc32)c(=S)o1. The van der Waals surface area contributed by atoms with Crippen LogP contribution in [0, 0.1) is 11.8 Å². The van der Waals surface area contributed by atoms with Crippen molar-refractivity contribution in [1.29, 1.82) is 0 Å². The molecule has 1 aromatic heterocycles. The molecule has 0 atom stereocenters. The van der Waals surface area contributed by atoms with E-state index in [0.29, 0.717) is 5.89 Å². The van der Waals surface area contributed by atoms with Crippen LogP contribution < -0.4 is 9.64 Å². The largest absolute Gasteiger partial charge is 0.484 e. The van der Waals surface area contributed by atoms with Gasteiger partial charge in [-0.05, 0) is 55.0 Å². The molecule has 0 N–H and O–H groups in total. The van der Waals surface area contributed by atoms with Crippen LogP contribution in [0.2, 0.25) is 0 Å². The van der Waals surface area contributed by atoms with E-state index < -0.39 is 0 Å². The number of carbonyl (C=O) groups excluding carboxylic acids is 1. The van der Waals surface area contributed by atoms with Gasteiger partial charge >= 0.3 is 0 Å². The zero-order valence-electron chi connectivity index (χ0n) is 17.2. The zero-order chi connectivity index (χ0) is 22.1. The van der Waals surface area contributed by atoms with Crippen molar-refractivity contribution in [3.05, 3.63) is 89.1 Å². The summed E-state index contributed by atoms with van der Waals surface area (Å²) in [5.41, 5.74) is 2.71. The fourth-order valence-corrected chi connectivity index (χ4v) is 4.80. The first-order chi connectivity index (χ1) is 15.6. The smallest absolute Gasteiger partial charge is 0.287 e. The van der Waals surface area contributed by atoms with Crippen LogP contribution in [0.4, 0.5) is 11.4 Å². The number of hydrogen-bond donors (Lipinski definition) is 0. The number of ether oxygens (including phenoxy) is 1. The molecule has 6 nitrogen and oxygen atoms in total. The molecule has 32 heavy (non-hydrogen) atoms. The number of nitrogens with zero attached hydrogens (tertiary/aromatic N) is 3. The van der Waals surface area contributed by atoms with Gasteiger partial charge in [0, 0.05) is 9.79 Å². The van der Waals surface area contributed by atoms with E-state index >= 15 is 0 Å². The molecule has 0 saturated heterocycles. The van der Waals surface area contributed by atoms with E-state index in [1.807, 2.05) is 79.7 Å². The third-order valence-electron chi connectivity index (χ3n) is 5.06. The summed E-state index contributed by atoms with van der Waals surface area (Å²) in [7, 11) is 0. The Morgan fingerprint density at radius 1 is 1.00 bits per heavy atom. The van der Waals surface area contributed by atoms with Crippen molar-refractivity contribution in [1.82, 2.24) is 9.78 Å². The van der Waals surface area contributed by atoms with Crippen LogP contribution in [0.25, 0.3) is 0 Å². The fourth-order valence-electron chi connectivity index (χ4n) is 3.54. The average Bonchev–Trinajstić information content (AvgIpc) is 3.15. The predicted molar refractivity (Wildman–Crippen MR) is 125 cm³/mol. The Balaban J connectivity index is 1.38. The highest BCUT2D eigenvalue weighted by Gasteiger charge is 2.28. The third kappa shape index (κ3) is 3.94. The average molecular weight is 462 g/mol. The van der Waals surface area contributed by atoms with Crippen LogP contribution in [0.1, 0.15) is 11.5 Å². The summed E-state index contributed by atoms with van der Waals surface area (Å²) < 4.78 is 12.8. The van der Waals surface area contributed by atoms with Gasteiger partial charge in [0.05, 0.1) is 11.4 Å². The molecule has 0 aliphatic carbocycles. The summed E-state index contributed by atoms with van der Waals surface area (Å²) in [6.07, 6.45) is 0. The van der Waals surface area contributed by atoms with Crippen molar-refractivity contribution < 1.29 is 13.9 Å². The van der Waals surface area contributed by atoms with Crippen LogP contribution >= 0.6 is 24.0 Å².